The predicted molar refractivity (Wildman–Crippen MR) is 45.5 cm³/mol. The van der Waals surface area contributed by atoms with E-state index in [2.05, 4.69) is 29.1 Å². The lowest BCUT2D eigenvalue weighted by Crippen LogP contribution is -1.96. The van der Waals surface area contributed by atoms with Gasteiger partial charge in [0.15, 0.2) is 0 Å². The molecule has 0 N–H and O–H groups in total. The highest BCUT2D eigenvalue weighted by Crippen LogP contribution is 1.96. The maximum absolute atomic E-state index is 4.95. The van der Waals surface area contributed by atoms with Crippen LogP contribution in [0.15, 0.2) is 24.5 Å². The van der Waals surface area contributed by atoms with Crippen LogP contribution >= 0.6 is 0 Å². The van der Waals surface area contributed by atoms with Gasteiger partial charge in [0.25, 0.3) is 0 Å². The topological polar surface area (TPSA) is 14.2 Å². The predicted octanol–water partition coefficient (Wildman–Crippen LogP) is 1.91. The smallest absolute Gasteiger partial charge is 0.0462 e. The van der Waals surface area contributed by atoms with E-state index in [1.807, 2.05) is 0 Å². The number of hydrogen-bond acceptors (Lipinski definition) is 1. The first kappa shape index (κ1) is 8.34. The van der Waals surface area contributed by atoms with Crippen LogP contribution in [0.5, 0.6) is 0 Å². The molecule has 0 unspecified atom stereocenters. The van der Waals surface area contributed by atoms with Gasteiger partial charge < -0.3 is 9.30 Å². The summed E-state index contributed by atoms with van der Waals surface area (Å²) in [7, 11) is 1.75. The number of aryl methyl sites for hydroxylation is 1. The van der Waals surface area contributed by atoms with Gasteiger partial charge in [-0.05, 0) is 25.0 Å². The van der Waals surface area contributed by atoms with Crippen LogP contribution in [-0.4, -0.2) is 18.3 Å². The summed E-state index contributed by atoms with van der Waals surface area (Å²) in [6.07, 6.45) is 6.52. The normalized spacial score (nSPS) is 10.3. The Kier molecular flexibility index (Phi) is 3.76. The molecule has 2 nitrogen and oxygen atoms in total. The second-order valence-electron chi connectivity index (χ2n) is 2.62. The highest BCUT2D eigenvalue weighted by molar-refractivity contribution is 4.89. The largest absolute Gasteiger partial charge is 0.385 e. The van der Waals surface area contributed by atoms with Crippen LogP contribution in [0.25, 0.3) is 0 Å². The minimum Gasteiger partial charge on any atom is -0.385 e. The molecule has 0 saturated carbocycles. The summed E-state index contributed by atoms with van der Waals surface area (Å²) >= 11 is 0. The first-order valence-electron chi connectivity index (χ1n) is 4.03. The standard InChI is InChI=1S/C9H15NO/c1-11-9-5-4-8-10-6-2-3-7-10/h2-3,6-7H,4-5,8-9H2,1H3. The fraction of sp³-hybridized carbons (Fsp3) is 0.556. The third-order valence-corrected chi connectivity index (χ3v) is 1.68. The Labute approximate surface area is 67.8 Å². The zero-order valence-corrected chi connectivity index (χ0v) is 6.99. The van der Waals surface area contributed by atoms with Crippen molar-refractivity contribution < 1.29 is 4.74 Å². The summed E-state index contributed by atoms with van der Waals surface area (Å²) in [5.74, 6) is 0. The molecule has 0 aliphatic rings. The van der Waals surface area contributed by atoms with Crippen molar-refractivity contribution in [3.05, 3.63) is 24.5 Å². The summed E-state index contributed by atoms with van der Waals surface area (Å²) < 4.78 is 7.14. The van der Waals surface area contributed by atoms with Gasteiger partial charge in [0.2, 0.25) is 0 Å². The molecule has 0 aliphatic heterocycles. The minimum atomic E-state index is 0.876. The average molecular weight is 153 g/mol. The van der Waals surface area contributed by atoms with E-state index in [0.717, 1.165) is 19.6 Å². The van der Waals surface area contributed by atoms with Gasteiger partial charge in [0.1, 0.15) is 0 Å². The minimum absolute atomic E-state index is 0.876. The Morgan fingerprint density at radius 1 is 1.18 bits per heavy atom. The third-order valence-electron chi connectivity index (χ3n) is 1.68. The molecule has 0 aliphatic carbocycles. The Balaban J connectivity index is 2.04. The van der Waals surface area contributed by atoms with E-state index in [1.165, 1.54) is 6.42 Å². The van der Waals surface area contributed by atoms with Gasteiger partial charge in [-0.1, -0.05) is 0 Å². The summed E-state index contributed by atoms with van der Waals surface area (Å²) in [6.45, 7) is 1.98. The van der Waals surface area contributed by atoms with Crippen molar-refractivity contribution in [2.75, 3.05) is 13.7 Å². The van der Waals surface area contributed by atoms with E-state index in [0.29, 0.717) is 0 Å². The van der Waals surface area contributed by atoms with Crippen molar-refractivity contribution in [3.8, 4) is 0 Å². The molecule has 1 aromatic heterocycles. The highest BCUT2D eigenvalue weighted by atomic mass is 16.5. The molecule has 2 heteroatoms. The molecule has 0 atom stereocenters. The zero-order chi connectivity index (χ0) is 7.94. The summed E-state index contributed by atoms with van der Waals surface area (Å²) in [5, 5.41) is 0. The van der Waals surface area contributed by atoms with Crippen LogP contribution in [-0.2, 0) is 11.3 Å². The lowest BCUT2D eigenvalue weighted by Gasteiger charge is -2.01. The van der Waals surface area contributed by atoms with E-state index in [4.69, 9.17) is 4.74 Å². The monoisotopic (exact) mass is 153 g/mol. The Bertz CT molecular complexity index is 170. The number of hydrogen-bond donors (Lipinski definition) is 0. The number of unbranched alkanes of at least 4 members (excludes halogenated alkanes) is 1. The van der Waals surface area contributed by atoms with Crippen molar-refractivity contribution in [1.82, 2.24) is 4.57 Å². The van der Waals surface area contributed by atoms with Gasteiger partial charge in [-0.2, -0.15) is 0 Å². The molecule has 0 bridgehead atoms. The van der Waals surface area contributed by atoms with Gasteiger partial charge in [0, 0.05) is 32.7 Å². The van der Waals surface area contributed by atoms with E-state index >= 15 is 0 Å². The van der Waals surface area contributed by atoms with Crippen LogP contribution < -0.4 is 0 Å². The van der Waals surface area contributed by atoms with Gasteiger partial charge in [-0.3, -0.25) is 0 Å². The summed E-state index contributed by atoms with van der Waals surface area (Å²) in [5.41, 5.74) is 0. The molecule has 0 spiro atoms. The van der Waals surface area contributed by atoms with Gasteiger partial charge in [-0.15, -0.1) is 0 Å². The van der Waals surface area contributed by atoms with Crippen molar-refractivity contribution in [1.29, 1.82) is 0 Å². The van der Waals surface area contributed by atoms with Crippen LogP contribution in [0.3, 0.4) is 0 Å². The number of methoxy groups -OCH3 is 1. The van der Waals surface area contributed by atoms with Crippen LogP contribution in [0.2, 0.25) is 0 Å². The maximum Gasteiger partial charge on any atom is 0.0462 e. The number of ether oxygens (including phenoxy) is 1. The average Bonchev–Trinajstić information content (AvgIpc) is 2.50. The van der Waals surface area contributed by atoms with Crippen LogP contribution in [0.4, 0.5) is 0 Å². The molecule has 0 amide bonds. The highest BCUT2D eigenvalue weighted by Gasteiger charge is 1.88. The number of rotatable bonds is 5. The van der Waals surface area contributed by atoms with Crippen molar-refractivity contribution in [2.45, 2.75) is 19.4 Å². The molecule has 62 valence electrons. The van der Waals surface area contributed by atoms with Crippen molar-refractivity contribution >= 4 is 0 Å². The fourth-order valence-electron chi connectivity index (χ4n) is 1.06. The van der Waals surface area contributed by atoms with Crippen molar-refractivity contribution in [3.63, 3.8) is 0 Å². The lowest BCUT2D eigenvalue weighted by atomic mass is 10.3. The van der Waals surface area contributed by atoms with E-state index in [-0.39, 0.29) is 0 Å². The number of nitrogens with zero attached hydrogens (tertiary/aromatic N) is 1. The maximum atomic E-state index is 4.95. The zero-order valence-electron chi connectivity index (χ0n) is 6.99. The Morgan fingerprint density at radius 2 is 1.91 bits per heavy atom. The first-order chi connectivity index (χ1) is 5.43. The third kappa shape index (κ3) is 3.23. The molecule has 1 aromatic rings. The SMILES string of the molecule is COCCCCn1cccc1. The van der Waals surface area contributed by atoms with Gasteiger partial charge in [0.05, 0.1) is 0 Å². The summed E-state index contributed by atoms with van der Waals surface area (Å²) in [4.78, 5) is 0. The second-order valence-corrected chi connectivity index (χ2v) is 2.62. The molecule has 0 fully saturated rings. The van der Waals surface area contributed by atoms with Crippen molar-refractivity contribution in [2.24, 2.45) is 0 Å². The van der Waals surface area contributed by atoms with E-state index < -0.39 is 0 Å². The van der Waals surface area contributed by atoms with E-state index in [1.54, 1.807) is 7.11 Å². The molecule has 0 aromatic carbocycles. The molecule has 0 saturated heterocycles. The molecule has 0 radical (unpaired) electrons. The molecule has 1 rings (SSSR count). The number of aromatic nitrogens is 1. The Hall–Kier alpha value is -0.760. The van der Waals surface area contributed by atoms with Crippen LogP contribution in [0.1, 0.15) is 12.8 Å². The summed E-state index contributed by atoms with van der Waals surface area (Å²) in [6, 6.07) is 4.10. The molecular weight excluding hydrogens is 138 g/mol. The fourth-order valence-corrected chi connectivity index (χ4v) is 1.06. The lowest BCUT2D eigenvalue weighted by molar-refractivity contribution is 0.191. The Morgan fingerprint density at radius 3 is 2.55 bits per heavy atom. The van der Waals surface area contributed by atoms with Crippen LogP contribution in [0, 0.1) is 0 Å². The van der Waals surface area contributed by atoms with Gasteiger partial charge in [-0.25, -0.2) is 0 Å². The quantitative estimate of drug-likeness (QED) is 0.589. The molecule has 11 heavy (non-hydrogen) atoms. The molecule has 1 heterocycles. The first-order valence-corrected chi connectivity index (χ1v) is 4.03. The second kappa shape index (κ2) is 4.97. The van der Waals surface area contributed by atoms with E-state index in [9.17, 15) is 0 Å². The molecular formula is C9H15NO. The van der Waals surface area contributed by atoms with Gasteiger partial charge >= 0.3 is 0 Å².